The molecule has 0 radical (unpaired) electrons. The standard InChI is InChI=1S/C22H26ClF3N6O/c1-10(2)31-7-12(8-31)15-11(3)14(23)6-13(18(15)33-5)22(4,26)32-21-16(17(30-32)19(24)25)20(27)28-9-29-21/h6,9-10,12,19H,7-8H2,1-5H3,(H2,27,28,29). The Morgan fingerprint density at radius 1 is 1.27 bits per heavy atom. The van der Waals surface area contributed by atoms with Gasteiger partial charge >= 0.3 is 0 Å². The summed E-state index contributed by atoms with van der Waals surface area (Å²) in [6, 6.07) is 1.84. The predicted molar refractivity (Wildman–Crippen MR) is 121 cm³/mol. The van der Waals surface area contributed by atoms with Crippen molar-refractivity contribution in [3.63, 3.8) is 0 Å². The van der Waals surface area contributed by atoms with Gasteiger partial charge in [-0.05, 0) is 39.3 Å². The summed E-state index contributed by atoms with van der Waals surface area (Å²) < 4.78 is 50.5. The van der Waals surface area contributed by atoms with Crippen molar-refractivity contribution in [1.29, 1.82) is 0 Å². The van der Waals surface area contributed by atoms with E-state index in [1.807, 2.05) is 6.92 Å². The van der Waals surface area contributed by atoms with Gasteiger partial charge in [-0.1, -0.05) is 11.6 Å². The second-order valence-electron chi connectivity index (χ2n) is 8.73. The minimum Gasteiger partial charge on any atom is -0.496 e. The number of alkyl halides is 3. The Balaban J connectivity index is 1.92. The van der Waals surface area contributed by atoms with Crippen LogP contribution >= 0.6 is 11.6 Å². The van der Waals surface area contributed by atoms with Crippen LogP contribution in [0.5, 0.6) is 5.75 Å². The van der Waals surface area contributed by atoms with Crippen molar-refractivity contribution in [1.82, 2.24) is 24.6 Å². The third kappa shape index (κ3) is 3.69. The number of likely N-dealkylation sites (tertiary alicyclic amines) is 1. The molecule has 2 N–H and O–H groups in total. The van der Waals surface area contributed by atoms with E-state index in [1.165, 1.54) is 20.1 Å². The SMILES string of the molecule is COc1c(C(C)(F)n2nc(C(F)F)c3c(N)ncnc32)cc(Cl)c(C)c1C1CN(C(C)C)C1. The number of ether oxygens (including phenoxy) is 1. The van der Waals surface area contributed by atoms with Crippen LogP contribution in [0.3, 0.4) is 0 Å². The Morgan fingerprint density at radius 2 is 1.94 bits per heavy atom. The number of benzene rings is 1. The van der Waals surface area contributed by atoms with Crippen LogP contribution in [0.15, 0.2) is 12.4 Å². The molecule has 0 aliphatic carbocycles. The lowest BCUT2D eigenvalue weighted by Crippen LogP contribution is -2.49. The fraction of sp³-hybridized carbons (Fsp3) is 0.500. The van der Waals surface area contributed by atoms with E-state index in [0.29, 0.717) is 16.8 Å². The highest BCUT2D eigenvalue weighted by Crippen LogP contribution is 2.47. The van der Waals surface area contributed by atoms with Gasteiger partial charge in [-0.25, -0.2) is 27.8 Å². The largest absolute Gasteiger partial charge is 0.496 e. The molecule has 1 saturated heterocycles. The summed E-state index contributed by atoms with van der Waals surface area (Å²) in [5, 5.41) is 4.05. The molecule has 1 fully saturated rings. The first-order valence-corrected chi connectivity index (χ1v) is 10.9. The number of nitrogens with two attached hydrogens (primary N) is 1. The summed E-state index contributed by atoms with van der Waals surface area (Å²) in [6.07, 6.45) is -1.91. The second-order valence-corrected chi connectivity index (χ2v) is 9.14. The van der Waals surface area contributed by atoms with Crippen molar-refractivity contribution in [2.24, 2.45) is 0 Å². The van der Waals surface area contributed by atoms with Gasteiger partial charge in [-0.2, -0.15) is 5.10 Å². The number of rotatable bonds is 6. The van der Waals surface area contributed by atoms with Crippen molar-refractivity contribution in [2.45, 2.75) is 51.9 Å². The van der Waals surface area contributed by atoms with Gasteiger partial charge in [0.1, 0.15) is 23.6 Å². The maximum atomic E-state index is 16.6. The van der Waals surface area contributed by atoms with Crippen molar-refractivity contribution in [3.8, 4) is 5.75 Å². The minimum absolute atomic E-state index is 0.0704. The molecule has 11 heteroatoms. The maximum Gasteiger partial charge on any atom is 0.282 e. The summed E-state index contributed by atoms with van der Waals surface area (Å²) in [4.78, 5) is 10.1. The number of halogens is 4. The smallest absolute Gasteiger partial charge is 0.282 e. The van der Waals surface area contributed by atoms with Crippen LogP contribution in [0.2, 0.25) is 5.02 Å². The monoisotopic (exact) mass is 482 g/mol. The van der Waals surface area contributed by atoms with Gasteiger partial charge in [0.2, 0.25) is 5.79 Å². The first kappa shape index (κ1) is 23.6. The first-order valence-electron chi connectivity index (χ1n) is 10.6. The van der Waals surface area contributed by atoms with Gasteiger partial charge in [-0.3, -0.25) is 4.90 Å². The van der Waals surface area contributed by atoms with Gasteiger partial charge in [0.15, 0.2) is 5.65 Å². The number of hydrogen-bond acceptors (Lipinski definition) is 6. The molecular weight excluding hydrogens is 457 g/mol. The Labute approximate surface area is 194 Å². The van der Waals surface area contributed by atoms with E-state index in [4.69, 9.17) is 22.1 Å². The molecule has 33 heavy (non-hydrogen) atoms. The van der Waals surface area contributed by atoms with Crippen LogP contribution in [-0.2, 0) is 5.79 Å². The molecule has 0 amide bonds. The van der Waals surface area contributed by atoms with Crippen molar-refractivity contribution < 1.29 is 17.9 Å². The van der Waals surface area contributed by atoms with E-state index >= 15 is 4.39 Å². The topological polar surface area (TPSA) is 82.1 Å². The molecule has 1 aromatic carbocycles. The summed E-state index contributed by atoms with van der Waals surface area (Å²) in [5.74, 6) is -2.21. The molecule has 1 aliphatic rings. The average Bonchev–Trinajstić information content (AvgIpc) is 3.11. The molecule has 7 nitrogen and oxygen atoms in total. The number of methoxy groups -OCH3 is 1. The van der Waals surface area contributed by atoms with E-state index in [-0.39, 0.29) is 28.3 Å². The molecule has 1 unspecified atom stereocenters. The number of anilines is 1. The molecule has 0 bridgehead atoms. The van der Waals surface area contributed by atoms with Gasteiger partial charge in [-0.15, -0.1) is 0 Å². The third-order valence-electron chi connectivity index (χ3n) is 6.39. The zero-order chi connectivity index (χ0) is 24.2. The third-order valence-corrected chi connectivity index (χ3v) is 6.78. The van der Waals surface area contributed by atoms with E-state index in [2.05, 4.69) is 33.8 Å². The van der Waals surface area contributed by atoms with E-state index in [0.717, 1.165) is 35.2 Å². The first-order chi connectivity index (χ1) is 15.5. The molecule has 4 rings (SSSR count). The van der Waals surface area contributed by atoms with Gasteiger partial charge in [0.05, 0.1) is 18.1 Å². The van der Waals surface area contributed by atoms with Crippen LogP contribution in [0.25, 0.3) is 11.0 Å². The highest BCUT2D eigenvalue weighted by Gasteiger charge is 2.41. The summed E-state index contributed by atoms with van der Waals surface area (Å²) >= 11 is 6.53. The molecular formula is C22H26ClF3N6O. The summed E-state index contributed by atoms with van der Waals surface area (Å²) in [6.45, 7) is 8.85. The average molecular weight is 483 g/mol. The van der Waals surface area contributed by atoms with Crippen molar-refractivity contribution in [3.05, 3.63) is 39.8 Å². The molecule has 0 spiro atoms. The van der Waals surface area contributed by atoms with Gasteiger partial charge < -0.3 is 10.5 Å². The number of fused-ring (bicyclic) bond motifs is 1. The van der Waals surface area contributed by atoms with E-state index < -0.39 is 17.9 Å². The van der Waals surface area contributed by atoms with Crippen LogP contribution in [-0.4, -0.2) is 50.9 Å². The number of nitrogen functional groups attached to an aromatic ring is 1. The lowest BCUT2D eigenvalue weighted by molar-refractivity contribution is 0.105. The lowest BCUT2D eigenvalue weighted by Gasteiger charge is -2.43. The Kier molecular flexibility index (Phi) is 5.94. The summed E-state index contributed by atoms with van der Waals surface area (Å²) in [7, 11) is 1.45. The van der Waals surface area contributed by atoms with Crippen LogP contribution in [0.1, 0.15) is 55.5 Å². The van der Waals surface area contributed by atoms with Gasteiger partial charge in [0, 0.05) is 35.6 Å². The molecule has 1 aliphatic heterocycles. The normalized spacial score (nSPS) is 17.1. The molecule has 3 heterocycles. The highest BCUT2D eigenvalue weighted by atomic mass is 35.5. The van der Waals surface area contributed by atoms with Crippen LogP contribution in [0.4, 0.5) is 19.0 Å². The molecule has 178 valence electrons. The van der Waals surface area contributed by atoms with Crippen molar-refractivity contribution >= 4 is 28.5 Å². The Bertz CT molecular complexity index is 1210. The predicted octanol–water partition coefficient (Wildman–Crippen LogP) is 4.81. The Hall–Kier alpha value is -2.59. The Morgan fingerprint density at radius 3 is 2.52 bits per heavy atom. The number of hydrogen-bond donors (Lipinski definition) is 1. The maximum absolute atomic E-state index is 16.6. The molecule has 2 aromatic heterocycles. The van der Waals surface area contributed by atoms with Crippen molar-refractivity contribution in [2.75, 3.05) is 25.9 Å². The zero-order valence-electron chi connectivity index (χ0n) is 19.0. The summed E-state index contributed by atoms with van der Waals surface area (Å²) in [5.41, 5.74) is 6.66. The van der Waals surface area contributed by atoms with E-state index in [9.17, 15) is 8.78 Å². The van der Waals surface area contributed by atoms with E-state index in [1.54, 1.807) is 0 Å². The fourth-order valence-corrected chi connectivity index (χ4v) is 4.68. The minimum atomic E-state index is -2.99. The molecule has 0 saturated carbocycles. The number of nitrogens with zero attached hydrogens (tertiary/aromatic N) is 5. The van der Waals surface area contributed by atoms with Crippen LogP contribution < -0.4 is 10.5 Å². The highest BCUT2D eigenvalue weighted by molar-refractivity contribution is 6.31. The lowest BCUT2D eigenvalue weighted by atomic mass is 9.84. The second kappa shape index (κ2) is 8.32. The van der Waals surface area contributed by atoms with Gasteiger partial charge in [0.25, 0.3) is 6.43 Å². The number of aromatic nitrogens is 4. The molecule has 1 atom stereocenters. The quantitative estimate of drug-likeness (QED) is 0.542. The molecule has 3 aromatic rings. The zero-order valence-corrected chi connectivity index (χ0v) is 19.8. The van der Waals surface area contributed by atoms with Crippen LogP contribution in [0, 0.1) is 6.92 Å². The fourth-order valence-electron chi connectivity index (χ4n) is 4.47.